The molecule has 0 aromatic heterocycles. The molecule has 0 aliphatic heterocycles. The van der Waals surface area contributed by atoms with Crippen LogP contribution in [0.4, 0.5) is 4.79 Å². The summed E-state index contributed by atoms with van der Waals surface area (Å²) in [6.07, 6.45) is 0.522. The number of methoxy groups -OCH3 is 1. The lowest BCUT2D eigenvalue weighted by Gasteiger charge is -2.37. The van der Waals surface area contributed by atoms with E-state index in [2.05, 4.69) is 0 Å². The highest BCUT2D eigenvalue weighted by Gasteiger charge is 2.43. The molecule has 2 aromatic rings. The molecule has 1 atom stereocenters. The standard InChI is InChI=1S/C23H27NO4/c1-5-23(2,3)14-19(21(25)26)24(22(27)28-4)20-17-12-8-6-10-15(17)16-11-7-9-13-18(16)20/h6-13,19-20H,5,14H2,1-4H3,(H,25,26)/t19-/m0/s1. The van der Waals surface area contributed by atoms with Crippen molar-refractivity contribution in [1.82, 2.24) is 4.90 Å². The first kappa shape index (κ1) is 19.9. The van der Waals surface area contributed by atoms with E-state index in [4.69, 9.17) is 4.74 Å². The van der Waals surface area contributed by atoms with E-state index in [1.165, 1.54) is 12.0 Å². The fourth-order valence-electron chi connectivity index (χ4n) is 3.92. The largest absolute Gasteiger partial charge is 0.480 e. The molecule has 5 nitrogen and oxygen atoms in total. The summed E-state index contributed by atoms with van der Waals surface area (Å²) in [5.41, 5.74) is 3.67. The molecule has 0 heterocycles. The van der Waals surface area contributed by atoms with Crippen molar-refractivity contribution in [1.29, 1.82) is 0 Å². The van der Waals surface area contributed by atoms with Crippen LogP contribution in [0.2, 0.25) is 0 Å². The van der Waals surface area contributed by atoms with Gasteiger partial charge in [0.25, 0.3) is 0 Å². The van der Waals surface area contributed by atoms with Crippen LogP contribution in [0, 0.1) is 5.41 Å². The molecule has 0 radical (unpaired) electrons. The van der Waals surface area contributed by atoms with Gasteiger partial charge in [-0.1, -0.05) is 75.7 Å². The maximum absolute atomic E-state index is 12.9. The van der Waals surface area contributed by atoms with Crippen molar-refractivity contribution < 1.29 is 19.4 Å². The molecule has 1 amide bonds. The molecule has 1 N–H and O–H groups in total. The molecule has 0 bridgehead atoms. The number of carboxylic acids is 1. The Morgan fingerprint density at radius 2 is 1.57 bits per heavy atom. The Hall–Kier alpha value is -2.82. The summed E-state index contributed by atoms with van der Waals surface area (Å²) >= 11 is 0. The Morgan fingerprint density at radius 1 is 1.07 bits per heavy atom. The van der Waals surface area contributed by atoms with Crippen LogP contribution in [0.15, 0.2) is 48.5 Å². The van der Waals surface area contributed by atoms with Gasteiger partial charge in [-0.3, -0.25) is 4.90 Å². The Balaban J connectivity index is 2.17. The predicted octanol–water partition coefficient (Wildman–Crippen LogP) is 5.10. The van der Waals surface area contributed by atoms with Gasteiger partial charge in [-0.2, -0.15) is 0 Å². The molecule has 2 aromatic carbocycles. The van der Waals surface area contributed by atoms with Crippen molar-refractivity contribution in [3.63, 3.8) is 0 Å². The molecule has 28 heavy (non-hydrogen) atoms. The minimum absolute atomic E-state index is 0.229. The van der Waals surface area contributed by atoms with E-state index in [-0.39, 0.29) is 5.41 Å². The van der Waals surface area contributed by atoms with Crippen LogP contribution in [0.1, 0.15) is 50.8 Å². The van der Waals surface area contributed by atoms with Crippen molar-refractivity contribution in [2.45, 2.75) is 45.7 Å². The van der Waals surface area contributed by atoms with Gasteiger partial charge in [-0.15, -0.1) is 0 Å². The van der Waals surface area contributed by atoms with Crippen molar-refractivity contribution in [3.8, 4) is 11.1 Å². The molecular formula is C23H27NO4. The first-order valence-electron chi connectivity index (χ1n) is 9.58. The lowest BCUT2D eigenvalue weighted by atomic mass is 9.82. The van der Waals surface area contributed by atoms with Gasteiger partial charge in [0, 0.05) is 0 Å². The monoisotopic (exact) mass is 381 g/mol. The number of fused-ring (bicyclic) bond motifs is 3. The number of carbonyl (C=O) groups excluding carboxylic acids is 1. The predicted molar refractivity (Wildman–Crippen MR) is 108 cm³/mol. The SMILES string of the molecule is CCC(C)(C)C[C@@H](C(=O)O)N(C(=O)OC)C1c2ccccc2-c2ccccc21. The van der Waals surface area contributed by atoms with Gasteiger partial charge in [0.1, 0.15) is 6.04 Å². The van der Waals surface area contributed by atoms with Gasteiger partial charge in [0.2, 0.25) is 0 Å². The van der Waals surface area contributed by atoms with Crippen LogP contribution in [-0.4, -0.2) is 35.2 Å². The number of ether oxygens (including phenoxy) is 1. The molecule has 1 aliphatic carbocycles. The Kier molecular flexibility index (Phi) is 5.45. The van der Waals surface area contributed by atoms with E-state index in [0.717, 1.165) is 28.7 Å². The number of hydrogen-bond acceptors (Lipinski definition) is 3. The second-order valence-electron chi connectivity index (χ2n) is 8.03. The lowest BCUT2D eigenvalue weighted by molar-refractivity contribution is -0.144. The normalized spacial score (nSPS) is 14.1. The summed E-state index contributed by atoms with van der Waals surface area (Å²) in [7, 11) is 1.30. The van der Waals surface area contributed by atoms with Gasteiger partial charge < -0.3 is 9.84 Å². The number of rotatable bonds is 6. The number of amides is 1. The highest BCUT2D eigenvalue weighted by Crippen LogP contribution is 2.47. The van der Waals surface area contributed by atoms with Crippen LogP contribution >= 0.6 is 0 Å². The average molecular weight is 381 g/mol. The summed E-state index contributed by atoms with van der Waals surface area (Å²) in [4.78, 5) is 26.6. The second kappa shape index (κ2) is 7.66. The third kappa shape index (κ3) is 3.49. The van der Waals surface area contributed by atoms with E-state index in [9.17, 15) is 14.7 Å². The molecule has 0 fully saturated rings. The van der Waals surface area contributed by atoms with E-state index in [0.29, 0.717) is 6.42 Å². The maximum Gasteiger partial charge on any atom is 0.411 e. The van der Waals surface area contributed by atoms with Crippen molar-refractivity contribution in [2.24, 2.45) is 5.41 Å². The molecular weight excluding hydrogens is 354 g/mol. The highest BCUT2D eigenvalue weighted by atomic mass is 16.5. The smallest absolute Gasteiger partial charge is 0.411 e. The number of nitrogens with zero attached hydrogens (tertiary/aromatic N) is 1. The number of aliphatic carboxylic acids is 1. The van der Waals surface area contributed by atoms with Crippen LogP contribution in [-0.2, 0) is 9.53 Å². The fraction of sp³-hybridized carbons (Fsp3) is 0.391. The minimum atomic E-state index is -1.02. The van der Waals surface area contributed by atoms with E-state index < -0.39 is 24.1 Å². The summed E-state index contributed by atoms with van der Waals surface area (Å²) < 4.78 is 5.06. The zero-order valence-electron chi connectivity index (χ0n) is 16.8. The molecule has 0 saturated heterocycles. The Labute approximate surface area is 165 Å². The Morgan fingerprint density at radius 3 is 2.00 bits per heavy atom. The summed E-state index contributed by atoms with van der Waals surface area (Å²) in [5, 5.41) is 10.1. The molecule has 1 aliphatic rings. The molecule has 5 heteroatoms. The topological polar surface area (TPSA) is 66.8 Å². The van der Waals surface area contributed by atoms with E-state index >= 15 is 0 Å². The quantitative estimate of drug-likeness (QED) is 0.755. The van der Waals surface area contributed by atoms with Gasteiger partial charge in [-0.05, 0) is 34.1 Å². The number of benzene rings is 2. The summed E-state index contributed by atoms with van der Waals surface area (Å²) in [6, 6.07) is 14.2. The zero-order valence-corrected chi connectivity index (χ0v) is 16.8. The van der Waals surface area contributed by atoms with Gasteiger partial charge in [0.15, 0.2) is 0 Å². The second-order valence-corrected chi connectivity index (χ2v) is 8.03. The fourth-order valence-corrected chi connectivity index (χ4v) is 3.92. The highest BCUT2D eigenvalue weighted by molar-refractivity contribution is 5.85. The van der Waals surface area contributed by atoms with Crippen LogP contribution < -0.4 is 0 Å². The molecule has 0 spiro atoms. The summed E-state index contributed by atoms with van der Waals surface area (Å²) in [5.74, 6) is -1.02. The first-order chi connectivity index (χ1) is 13.3. The van der Waals surface area contributed by atoms with Crippen molar-refractivity contribution >= 4 is 12.1 Å². The van der Waals surface area contributed by atoms with Crippen LogP contribution in [0.25, 0.3) is 11.1 Å². The Bertz CT molecular complexity index is 844. The van der Waals surface area contributed by atoms with Gasteiger partial charge in [0.05, 0.1) is 13.2 Å². The van der Waals surface area contributed by atoms with E-state index in [1.54, 1.807) is 0 Å². The molecule has 0 saturated carbocycles. The number of hydrogen-bond donors (Lipinski definition) is 1. The minimum Gasteiger partial charge on any atom is -0.480 e. The summed E-state index contributed by atoms with van der Waals surface area (Å²) in [6.45, 7) is 6.07. The molecule has 3 rings (SSSR count). The number of carboxylic acid groups (broad SMARTS) is 1. The van der Waals surface area contributed by atoms with E-state index in [1.807, 2.05) is 69.3 Å². The molecule has 0 unspecified atom stereocenters. The molecule has 148 valence electrons. The van der Waals surface area contributed by atoms with Crippen molar-refractivity contribution in [2.75, 3.05) is 7.11 Å². The first-order valence-corrected chi connectivity index (χ1v) is 9.58. The third-order valence-electron chi connectivity index (χ3n) is 5.79. The van der Waals surface area contributed by atoms with Crippen LogP contribution in [0.3, 0.4) is 0 Å². The van der Waals surface area contributed by atoms with Gasteiger partial charge in [-0.25, -0.2) is 9.59 Å². The third-order valence-corrected chi connectivity index (χ3v) is 5.79. The average Bonchev–Trinajstić information content (AvgIpc) is 3.02. The lowest BCUT2D eigenvalue weighted by Crippen LogP contribution is -2.48. The zero-order chi connectivity index (χ0) is 20.5. The number of carbonyl (C=O) groups is 2. The van der Waals surface area contributed by atoms with Crippen LogP contribution in [0.5, 0.6) is 0 Å². The van der Waals surface area contributed by atoms with Gasteiger partial charge >= 0.3 is 12.1 Å². The maximum atomic E-state index is 12.9. The van der Waals surface area contributed by atoms with Crippen molar-refractivity contribution in [3.05, 3.63) is 59.7 Å².